The van der Waals surface area contributed by atoms with Gasteiger partial charge >= 0.3 is 5.69 Å². The van der Waals surface area contributed by atoms with Crippen molar-refractivity contribution < 1.29 is 13.3 Å². The molecule has 0 aliphatic carbocycles. The largest absolute Gasteiger partial charge is 0.333 e. The van der Waals surface area contributed by atoms with Crippen molar-refractivity contribution in [3.8, 4) is 0 Å². The van der Waals surface area contributed by atoms with Gasteiger partial charge in [0.25, 0.3) is 0 Å². The summed E-state index contributed by atoms with van der Waals surface area (Å²) >= 11 is 0. The maximum atomic E-state index is 12.6. The van der Waals surface area contributed by atoms with E-state index in [9.17, 15) is 13.2 Å². The number of imidazole rings is 1. The number of quaternary nitrogens is 1. The number of hydrogen-bond donors (Lipinski definition) is 3. The van der Waals surface area contributed by atoms with Crippen molar-refractivity contribution in [3.63, 3.8) is 0 Å². The Balaban J connectivity index is 1.91. The molecule has 2 aromatic rings. The number of benzene rings is 1. The molecule has 1 aliphatic heterocycles. The van der Waals surface area contributed by atoms with Crippen molar-refractivity contribution in [1.82, 2.24) is 14.3 Å². The average molecular weight is 311 g/mol. The Kier molecular flexibility index (Phi) is 3.60. The molecule has 0 radical (unpaired) electrons. The van der Waals surface area contributed by atoms with Gasteiger partial charge in [-0.1, -0.05) is 0 Å². The molecule has 8 heteroatoms. The highest BCUT2D eigenvalue weighted by atomic mass is 32.2. The van der Waals surface area contributed by atoms with Crippen LogP contribution in [0.4, 0.5) is 0 Å². The van der Waals surface area contributed by atoms with Gasteiger partial charge < -0.3 is 14.9 Å². The van der Waals surface area contributed by atoms with E-state index in [-0.39, 0.29) is 10.6 Å². The summed E-state index contributed by atoms with van der Waals surface area (Å²) in [4.78, 5) is 18.1. The van der Waals surface area contributed by atoms with Gasteiger partial charge in [0.15, 0.2) is 0 Å². The van der Waals surface area contributed by atoms with Gasteiger partial charge in [-0.3, -0.25) is 0 Å². The summed E-state index contributed by atoms with van der Waals surface area (Å²) in [5.41, 5.74) is 0.790. The van der Waals surface area contributed by atoms with E-state index in [1.807, 2.05) is 0 Å². The number of aromatic amines is 2. The minimum absolute atomic E-state index is 0.227. The van der Waals surface area contributed by atoms with Gasteiger partial charge in [-0.25, -0.2) is 13.2 Å². The van der Waals surface area contributed by atoms with Crippen molar-refractivity contribution in [1.29, 1.82) is 0 Å². The fourth-order valence-corrected chi connectivity index (χ4v) is 4.19. The Morgan fingerprint density at radius 2 is 1.86 bits per heavy atom. The SMILES string of the molecule is CC[NH+]1CCN(S(=O)(=O)c2ccc3[nH]c(=O)[nH]c3c2)CC1. The molecular weight excluding hydrogens is 292 g/mol. The van der Waals surface area contributed by atoms with E-state index in [0.29, 0.717) is 24.1 Å². The Bertz CT molecular complexity index is 800. The van der Waals surface area contributed by atoms with Crippen molar-refractivity contribution in [2.45, 2.75) is 11.8 Å². The Morgan fingerprint density at radius 3 is 2.52 bits per heavy atom. The first-order valence-corrected chi connectivity index (χ1v) is 8.50. The van der Waals surface area contributed by atoms with Gasteiger partial charge in [-0.05, 0) is 25.1 Å². The lowest BCUT2D eigenvalue weighted by molar-refractivity contribution is -0.901. The Hall–Kier alpha value is -1.64. The van der Waals surface area contributed by atoms with Gasteiger partial charge in [0, 0.05) is 0 Å². The molecule has 1 fully saturated rings. The smallest absolute Gasteiger partial charge is 0.323 e. The number of sulfonamides is 1. The van der Waals surface area contributed by atoms with Crippen LogP contribution in [0.15, 0.2) is 27.9 Å². The maximum Gasteiger partial charge on any atom is 0.323 e. The molecule has 0 amide bonds. The van der Waals surface area contributed by atoms with Crippen molar-refractivity contribution in [3.05, 3.63) is 28.7 Å². The first-order valence-electron chi connectivity index (χ1n) is 7.06. The first kappa shape index (κ1) is 14.3. The topological polar surface area (TPSA) is 90.5 Å². The highest BCUT2D eigenvalue weighted by Crippen LogP contribution is 2.19. The number of nitrogens with one attached hydrogen (secondary N) is 3. The van der Waals surface area contributed by atoms with E-state index in [1.165, 1.54) is 15.3 Å². The van der Waals surface area contributed by atoms with Crippen molar-refractivity contribution in [2.24, 2.45) is 0 Å². The summed E-state index contributed by atoms with van der Waals surface area (Å²) in [6.07, 6.45) is 0. The normalized spacial score (nSPS) is 18.3. The zero-order chi connectivity index (χ0) is 15.0. The fraction of sp³-hybridized carbons (Fsp3) is 0.462. The van der Waals surface area contributed by atoms with Gasteiger partial charge in [-0.2, -0.15) is 4.31 Å². The fourth-order valence-electron chi connectivity index (χ4n) is 2.72. The van der Waals surface area contributed by atoms with Crippen LogP contribution < -0.4 is 10.6 Å². The van der Waals surface area contributed by atoms with Crippen molar-refractivity contribution >= 4 is 21.1 Å². The molecule has 3 N–H and O–H groups in total. The number of H-pyrrole nitrogens is 2. The number of fused-ring (bicyclic) bond motifs is 1. The lowest BCUT2D eigenvalue weighted by atomic mass is 10.3. The van der Waals surface area contributed by atoms with E-state index in [0.717, 1.165) is 19.6 Å². The predicted molar refractivity (Wildman–Crippen MR) is 78.9 cm³/mol. The maximum absolute atomic E-state index is 12.6. The van der Waals surface area contributed by atoms with Crippen LogP contribution in [0.1, 0.15) is 6.92 Å². The number of likely N-dealkylation sites (N-methyl/N-ethyl adjacent to an activating group) is 1. The van der Waals surface area contributed by atoms with Gasteiger partial charge in [0.2, 0.25) is 10.0 Å². The molecule has 1 saturated heterocycles. The second-order valence-corrected chi connectivity index (χ2v) is 7.23. The Labute approximate surface area is 122 Å². The minimum Gasteiger partial charge on any atom is -0.333 e. The van der Waals surface area contributed by atoms with Crippen LogP contribution in [-0.4, -0.2) is 55.4 Å². The third-order valence-electron chi connectivity index (χ3n) is 4.05. The molecule has 2 heterocycles. The molecule has 3 rings (SSSR count). The molecule has 7 nitrogen and oxygen atoms in total. The average Bonchev–Trinajstić information content (AvgIpc) is 2.86. The van der Waals surface area contributed by atoms with Crippen LogP contribution in [0, 0.1) is 0 Å². The van der Waals surface area contributed by atoms with E-state index in [2.05, 4.69) is 16.9 Å². The van der Waals surface area contributed by atoms with Crippen LogP contribution in [0.5, 0.6) is 0 Å². The predicted octanol–water partition coefficient (Wildman–Crippen LogP) is -1.23. The number of nitrogens with zero attached hydrogens (tertiary/aromatic N) is 1. The summed E-state index contributed by atoms with van der Waals surface area (Å²) in [5.74, 6) is 0. The molecule has 0 unspecified atom stereocenters. The summed E-state index contributed by atoms with van der Waals surface area (Å²) in [6, 6.07) is 4.68. The molecule has 0 spiro atoms. The molecule has 0 saturated carbocycles. The summed E-state index contributed by atoms with van der Waals surface area (Å²) in [7, 11) is -3.49. The van der Waals surface area contributed by atoms with Gasteiger partial charge in [-0.15, -0.1) is 0 Å². The van der Waals surface area contributed by atoms with E-state index in [1.54, 1.807) is 12.1 Å². The number of rotatable bonds is 3. The van der Waals surface area contributed by atoms with Crippen LogP contribution in [0.2, 0.25) is 0 Å². The third kappa shape index (κ3) is 2.61. The van der Waals surface area contributed by atoms with Crippen LogP contribution in [0.25, 0.3) is 11.0 Å². The summed E-state index contributed by atoms with van der Waals surface area (Å²) < 4.78 is 26.8. The first-order chi connectivity index (χ1) is 10.0. The Morgan fingerprint density at radius 1 is 1.19 bits per heavy atom. The molecule has 1 aliphatic rings. The quantitative estimate of drug-likeness (QED) is 0.663. The monoisotopic (exact) mass is 311 g/mol. The lowest BCUT2D eigenvalue weighted by Gasteiger charge is -2.30. The summed E-state index contributed by atoms with van der Waals surface area (Å²) in [5, 5.41) is 0. The van der Waals surface area contributed by atoms with Crippen LogP contribution in [0.3, 0.4) is 0 Å². The second kappa shape index (κ2) is 5.28. The van der Waals surface area contributed by atoms with Crippen molar-refractivity contribution in [2.75, 3.05) is 32.7 Å². The molecule has 21 heavy (non-hydrogen) atoms. The highest BCUT2D eigenvalue weighted by Gasteiger charge is 2.30. The second-order valence-electron chi connectivity index (χ2n) is 5.29. The van der Waals surface area contributed by atoms with Gasteiger partial charge in [0.1, 0.15) is 0 Å². The lowest BCUT2D eigenvalue weighted by Crippen LogP contribution is -3.14. The third-order valence-corrected chi connectivity index (χ3v) is 5.95. The van der Waals surface area contributed by atoms with Gasteiger partial charge in [0.05, 0.1) is 48.7 Å². The van der Waals surface area contributed by atoms with E-state index >= 15 is 0 Å². The van der Waals surface area contributed by atoms with Crippen LogP contribution in [-0.2, 0) is 10.0 Å². The zero-order valence-electron chi connectivity index (χ0n) is 11.8. The van der Waals surface area contributed by atoms with E-state index < -0.39 is 10.0 Å². The number of piperazine rings is 1. The summed E-state index contributed by atoms with van der Waals surface area (Å²) in [6.45, 7) is 5.86. The highest BCUT2D eigenvalue weighted by molar-refractivity contribution is 7.89. The molecule has 0 atom stereocenters. The van der Waals surface area contributed by atoms with Crippen LogP contribution >= 0.6 is 0 Å². The molecular formula is C13H19N4O3S+. The van der Waals surface area contributed by atoms with E-state index in [4.69, 9.17) is 0 Å². The number of hydrogen-bond acceptors (Lipinski definition) is 3. The molecule has 1 aromatic carbocycles. The number of aromatic nitrogens is 2. The molecule has 0 bridgehead atoms. The minimum atomic E-state index is -3.49. The standard InChI is InChI=1S/C13H18N4O3S/c1-2-16-5-7-17(8-6-16)21(19,20)10-3-4-11-12(9-10)15-13(18)14-11/h3-4,9H,2,5-8H2,1H3,(H2,14,15,18)/p+1. The zero-order valence-corrected chi connectivity index (χ0v) is 12.7. The molecule has 1 aromatic heterocycles. The molecule has 114 valence electrons.